The highest BCUT2D eigenvalue weighted by Crippen LogP contribution is 2.30. The fraction of sp³-hybridized carbons (Fsp3) is 0.208. The second-order valence-electron chi connectivity index (χ2n) is 7.37. The molecule has 0 unspecified atom stereocenters. The molecule has 0 aliphatic carbocycles. The first-order valence-electron chi connectivity index (χ1n) is 10.6. The van der Waals surface area contributed by atoms with E-state index in [0.29, 0.717) is 17.5 Å². The second kappa shape index (κ2) is 11.2. The molecule has 6 nitrogen and oxygen atoms in total. The van der Waals surface area contributed by atoms with E-state index >= 15 is 0 Å². The average molecular weight is 505 g/mol. The SMILES string of the molecule is Fc1cc(C(F)(F)F)ccc1C=Cc1nc(COc2ccc(SCCCn3ccnn3)cc2)co1. The first-order valence-corrected chi connectivity index (χ1v) is 11.5. The Morgan fingerprint density at radius 2 is 1.91 bits per heavy atom. The van der Waals surface area contributed by atoms with Crippen molar-refractivity contribution in [3.8, 4) is 5.75 Å². The van der Waals surface area contributed by atoms with Crippen LogP contribution in [-0.2, 0) is 19.3 Å². The van der Waals surface area contributed by atoms with Crippen LogP contribution in [0.1, 0.15) is 29.1 Å². The van der Waals surface area contributed by atoms with Gasteiger partial charge in [-0.15, -0.1) is 16.9 Å². The highest BCUT2D eigenvalue weighted by molar-refractivity contribution is 7.99. The van der Waals surface area contributed by atoms with E-state index in [9.17, 15) is 17.6 Å². The average Bonchev–Trinajstić information content (AvgIpc) is 3.52. The van der Waals surface area contributed by atoms with Gasteiger partial charge in [-0.2, -0.15) is 13.2 Å². The van der Waals surface area contributed by atoms with E-state index in [-0.39, 0.29) is 18.1 Å². The molecule has 0 radical (unpaired) electrons. The maximum absolute atomic E-state index is 13.9. The summed E-state index contributed by atoms with van der Waals surface area (Å²) in [6, 6.07) is 10.0. The van der Waals surface area contributed by atoms with Crippen LogP contribution < -0.4 is 4.74 Å². The van der Waals surface area contributed by atoms with Crippen molar-refractivity contribution in [2.24, 2.45) is 0 Å². The number of aryl methyl sites for hydroxylation is 1. The van der Waals surface area contributed by atoms with Gasteiger partial charge in [0.15, 0.2) is 0 Å². The Labute approximate surface area is 202 Å². The van der Waals surface area contributed by atoms with E-state index < -0.39 is 17.6 Å². The second-order valence-corrected chi connectivity index (χ2v) is 8.54. The first kappa shape index (κ1) is 24.5. The van der Waals surface area contributed by atoms with Gasteiger partial charge in [0.05, 0.1) is 11.8 Å². The molecule has 2 aromatic carbocycles. The predicted octanol–water partition coefficient (Wildman–Crippen LogP) is 6.36. The molecule has 4 rings (SSSR count). The van der Waals surface area contributed by atoms with Crippen LogP contribution >= 0.6 is 11.8 Å². The Hall–Kier alpha value is -3.60. The Kier molecular flexibility index (Phi) is 7.86. The summed E-state index contributed by atoms with van der Waals surface area (Å²) < 4.78 is 64.7. The lowest BCUT2D eigenvalue weighted by Crippen LogP contribution is -2.05. The number of thioether (sulfide) groups is 1. The largest absolute Gasteiger partial charge is 0.487 e. The van der Waals surface area contributed by atoms with E-state index in [1.54, 1.807) is 22.6 Å². The summed E-state index contributed by atoms with van der Waals surface area (Å²) in [4.78, 5) is 5.34. The standard InChI is InChI=1S/C24H20F4N4O2S/c25-22-14-18(24(26,27)28)4-2-17(22)3-9-23-30-19(16-34-23)15-33-20-5-7-21(8-6-20)35-13-1-11-32-12-10-29-31-32/h2-10,12,14,16H,1,11,13,15H2. The molecule has 182 valence electrons. The molecule has 0 aliphatic heterocycles. The third kappa shape index (κ3) is 7.19. The van der Waals surface area contributed by atoms with Crippen molar-refractivity contribution in [2.45, 2.75) is 30.6 Å². The van der Waals surface area contributed by atoms with Gasteiger partial charge in [-0.05, 0) is 54.6 Å². The van der Waals surface area contributed by atoms with Crippen molar-refractivity contribution in [1.82, 2.24) is 20.0 Å². The summed E-state index contributed by atoms with van der Waals surface area (Å²) in [7, 11) is 0. The van der Waals surface area contributed by atoms with Gasteiger partial charge < -0.3 is 9.15 Å². The summed E-state index contributed by atoms with van der Waals surface area (Å²) in [6.07, 6.45) is 3.96. The van der Waals surface area contributed by atoms with Gasteiger partial charge >= 0.3 is 6.18 Å². The van der Waals surface area contributed by atoms with Crippen LogP contribution in [0.3, 0.4) is 0 Å². The molecule has 0 saturated carbocycles. The van der Waals surface area contributed by atoms with Gasteiger partial charge in [-0.3, -0.25) is 4.68 Å². The summed E-state index contributed by atoms with van der Waals surface area (Å²) in [5.41, 5.74) is -0.535. The fourth-order valence-corrected chi connectivity index (χ4v) is 3.86. The maximum atomic E-state index is 13.9. The number of ether oxygens (including phenoxy) is 1. The van der Waals surface area contributed by atoms with Crippen LogP contribution in [0.5, 0.6) is 5.75 Å². The Morgan fingerprint density at radius 1 is 1.09 bits per heavy atom. The summed E-state index contributed by atoms with van der Waals surface area (Å²) in [5, 5.41) is 7.71. The third-order valence-electron chi connectivity index (χ3n) is 4.79. The van der Waals surface area contributed by atoms with Crippen LogP contribution in [0, 0.1) is 5.82 Å². The number of benzene rings is 2. The molecule has 0 N–H and O–H groups in total. The van der Waals surface area contributed by atoms with E-state index in [2.05, 4.69) is 15.3 Å². The number of nitrogens with zero attached hydrogens (tertiary/aromatic N) is 4. The Bertz CT molecular complexity index is 1260. The number of hydrogen-bond donors (Lipinski definition) is 0. The molecule has 0 fully saturated rings. The molecule has 0 aliphatic rings. The van der Waals surface area contributed by atoms with Crippen molar-refractivity contribution in [2.75, 3.05) is 5.75 Å². The van der Waals surface area contributed by atoms with Gasteiger partial charge in [0.25, 0.3) is 0 Å². The number of rotatable bonds is 10. The maximum Gasteiger partial charge on any atom is 0.416 e. The third-order valence-corrected chi connectivity index (χ3v) is 5.88. The smallest absolute Gasteiger partial charge is 0.416 e. The van der Waals surface area contributed by atoms with Crippen LogP contribution in [-0.4, -0.2) is 25.7 Å². The van der Waals surface area contributed by atoms with Crippen LogP contribution in [0.4, 0.5) is 17.6 Å². The van der Waals surface area contributed by atoms with E-state index in [4.69, 9.17) is 9.15 Å². The number of oxazole rings is 1. The Balaban J connectivity index is 1.24. The zero-order valence-electron chi connectivity index (χ0n) is 18.3. The minimum Gasteiger partial charge on any atom is -0.487 e. The lowest BCUT2D eigenvalue weighted by Gasteiger charge is -2.07. The van der Waals surface area contributed by atoms with E-state index in [1.807, 2.05) is 30.5 Å². The zero-order chi connectivity index (χ0) is 24.7. The zero-order valence-corrected chi connectivity index (χ0v) is 19.1. The van der Waals surface area contributed by atoms with Crippen LogP contribution in [0.2, 0.25) is 0 Å². The van der Waals surface area contributed by atoms with Gasteiger partial charge in [-0.1, -0.05) is 11.3 Å². The predicted molar refractivity (Wildman–Crippen MR) is 123 cm³/mol. The minimum absolute atomic E-state index is 0.00893. The van der Waals surface area contributed by atoms with E-state index in [0.717, 1.165) is 35.7 Å². The Morgan fingerprint density at radius 3 is 2.63 bits per heavy atom. The van der Waals surface area contributed by atoms with Gasteiger partial charge in [0.1, 0.15) is 30.1 Å². The molecule has 0 atom stereocenters. The number of aromatic nitrogens is 4. The van der Waals surface area contributed by atoms with E-state index in [1.165, 1.54) is 18.4 Å². The van der Waals surface area contributed by atoms with Crippen LogP contribution in [0.15, 0.2) is 70.4 Å². The minimum atomic E-state index is -4.60. The number of alkyl halides is 3. The monoisotopic (exact) mass is 504 g/mol. The molecule has 0 amide bonds. The highest BCUT2D eigenvalue weighted by atomic mass is 32.2. The molecule has 2 heterocycles. The summed E-state index contributed by atoms with van der Waals surface area (Å²) >= 11 is 1.74. The molecular formula is C24H20F4N4O2S. The molecule has 11 heteroatoms. The van der Waals surface area contributed by atoms with Crippen molar-refractivity contribution < 1.29 is 26.7 Å². The number of hydrogen-bond acceptors (Lipinski definition) is 6. The van der Waals surface area contributed by atoms with Crippen molar-refractivity contribution >= 4 is 23.9 Å². The van der Waals surface area contributed by atoms with Gasteiger partial charge in [0.2, 0.25) is 5.89 Å². The van der Waals surface area contributed by atoms with Crippen molar-refractivity contribution in [1.29, 1.82) is 0 Å². The van der Waals surface area contributed by atoms with Crippen LogP contribution in [0.25, 0.3) is 12.2 Å². The molecular weight excluding hydrogens is 484 g/mol. The number of halogens is 4. The quantitative estimate of drug-likeness (QED) is 0.142. The molecule has 2 aromatic heterocycles. The van der Waals surface area contributed by atoms with Crippen molar-refractivity contribution in [3.63, 3.8) is 0 Å². The molecule has 4 aromatic rings. The highest BCUT2D eigenvalue weighted by Gasteiger charge is 2.30. The van der Waals surface area contributed by atoms with Gasteiger partial charge in [0, 0.05) is 29.3 Å². The molecule has 35 heavy (non-hydrogen) atoms. The topological polar surface area (TPSA) is 66.0 Å². The lowest BCUT2D eigenvalue weighted by molar-refractivity contribution is -0.137. The lowest BCUT2D eigenvalue weighted by atomic mass is 10.1. The van der Waals surface area contributed by atoms with Crippen molar-refractivity contribution in [3.05, 3.63) is 89.7 Å². The first-order chi connectivity index (χ1) is 16.9. The normalized spacial score (nSPS) is 11.9. The summed E-state index contributed by atoms with van der Waals surface area (Å²) in [6.45, 7) is 0.985. The van der Waals surface area contributed by atoms with Gasteiger partial charge in [-0.25, -0.2) is 9.37 Å². The summed E-state index contributed by atoms with van der Waals surface area (Å²) in [5.74, 6) is 0.818. The molecule has 0 bridgehead atoms. The molecule has 0 saturated heterocycles. The fourth-order valence-electron chi connectivity index (χ4n) is 3.02. The molecule has 0 spiro atoms.